The Morgan fingerprint density at radius 1 is 1.17 bits per heavy atom. The van der Waals surface area contributed by atoms with Gasteiger partial charge in [-0.05, 0) is 41.9 Å². The van der Waals surface area contributed by atoms with E-state index in [0.717, 1.165) is 18.4 Å². The minimum atomic E-state index is -0.337. The van der Waals surface area contributed by atoms with Gasteiger partial charge in [-0.2, -0.15) is 0 Å². The molecule has 1 aliphatic rings. The third-order valence-electron chi connectivity index (χ3n) is 4.53. The smallest absolute Gasteiger partial charge is 0.243 e. The van der Waals surface area contributed by atoms with Gasteiger partial charge in [-0.1, -0.05) is 39.7 Å². The van der Waals surface area contributed by atoms with Gasteiger partial charge in [0.1, 0.15) is 5.75 Å². The van der Waals surface area contributed by atoms with Crippen molar-refractivity contribution in [2.24, 2.45) is 5.92 Å². The number of phenolic OH excluding ortho intramolecular Hbond substituents is 1. The van der Waals surface area contributed by atoms with E-state index in [9.17, 15) is 14.7 Å². The highest BCUT2D eigenvalue weighted by atomic mass is 16.3. The van der Waals surface area contributed by atoms with Crippen LogP contribution >= 0.6 is 0 Å². The van der Waals surface area contributed by atoms with Crippen LogP contribution < -0.4 is 10.6 Å². The summed E-state index contributed by atoms with van der Waals surface area (Å²) in [4.78, 5) is 23.9. The van der Waals surface area contributed by atoms with Crippen molar-refractivity contribution in [3.8, 4) is 5.75 Å². The highest BCUT2D eigenvalue weighted by Gasteiger charge is 2.19. The minimum absolute atomic E-state index is 0.0219. The first kappa shape index (κ1) is 18.3. The molecule has 1 aromatic carbocycles. The van der Waals surface area contributed by atoms with Crippen LogP contribution in [0.5, 0.6) is 5.75 Å². The van der Waals surface area contributed by atoms with Crippen LogP contribution in [0.25, 0.3) is 0 Å². The summed E-state index contributed by atoms with van der Waals surface area (Å²) in [6.07, 6.45) is 5.10. The van der Waals surface area contributed by atoms with Crippen LogP contribution in [-0.2, 0) is 15.0 Å². The molecule has 0 saturated heterocycles. The summed E-state index contributed by atoms with van der Waals surface area (Å²) in [5.74, 6) is 0.0649. The Kier molecular flexibility index (Phi) is 5.86. The van der Waals surface area contributed by atoms with Gasteiger partial charge in [-0.15, -0.1) is 0 Å². The van der Waals surface area contributed by atoms with Gasteiger partial charge in [0.15, 0.2) is 0 Å². The lowest BCUT2D eigenvalue weighted by atomic mass is 9.87. The first-order valence-electron chi connectivity index (χ1n) is 8.66. The van der Waals surface area contributed by atoms with E-state index < -0.39 is 0 Å². The maximum atomic E-state index is 12.0. The zero-order chi connectivity index (χ0) is 17.7. The number of carbonyl (C=O) groups excluding carboxylic acids is 2. The van der Waals surface area contributed by atoms with Gasteiger partial charge in [0.05, 0.1) is 12.2 Å². The van der Waals surface area contributed by atoms with Crippen molar-refractivity contribution in [3.63, 3.8) is 0 Å². The number of hydrogen-bond donors (Lipinski definition) is 3. The lowest BCUT2D eigenvalue weighted by Crippen LogP contribution is -2.33. The monoisotopic (exact) mass is 332 g/mol. The molecule has 1 saturated carbocycles. The largest absolute Gasteiger partial charge is 0.506 e. The molecular weight excluding hydrogens is 304 g/mol. The zero-order valence-corrected chi connectivity index (χ0v) is 14.8. The number of carbonyl (C=O) groups is 2. The van der Waals surface area contributed by atoms with Crippen LogP contribution in [0.1, 0.15) is 58.4 Å². The predicted molar refractivity (Wildman–Crippen MR) is 95.0 cm³/mol. The number of rotatable bonds is 5. The molecular formula is C19H28N2O3. The van der Waals surface area contributed by atoms with Gasteiger partial charge in [0, 0.05) is 6.42 Å². The fourth-order valence-electron chi connectivity index (χ4n) is 3.02. The van der Waals surface area contributed by atoms with Crippen molar-refractivity contribution in [2.45, 2.75) is 58.3 Å². The summed E-state index contributed by atoms with van der Waals surface area (Å²) in [7, 11) is 0. The van der Waals surface area contributed by atoms with Crippen molar-refractivity contribution < 1.29 is 14.7 Å². The van der Waals surface area contributed by atoms with E-state index in [1.807, 2.05) is 6.07 Å². The molecule has 1 aromatic rings. The van der Waals surface area contributed by atoms with Crippen molar-refractivity contribution in [2.75, 3.05) is 11.9 Å². The number of amides is 2. The number of anilines is 1. The molecule has 5 heteroatoms. The molecule has 0 spiro atoms. The number of benzene rings is 1. The van der Waals surface area contributed by atoms with E-state index in [4.69, 9.17) is 0 Å². The van der Waals surface area contributed by atoms with Gasteiger partial charge >= 0.3 is 0 Å². The van der Waals surface area contributed by atoms with E-state index in [2.05, 4.69) is 31.4 Å². The molecule has 3 N–H and O–H groups in total. The van der Waals surface area contributed by atoms with Gasteiger partial charge in [0.25, 0.3) is 0 Å². The molecule has 0 aliphatic heterocycles. The van der Waals surface area contributed by atoms with Crippen LogP contribution in [0, 0.1) is 5.92 Å². The SMILES string of the molecule is CC(C)(C)c1ccc(O)c(NC(=O)CNC(=O)CC2CCCC2)c1. The van der Waals surface area contributed by atoms with E-state index in [0.29, 0.717) is 18.0 Å². The molecule has 132 valence electrons. The Balaban J connectivity index is 1.86. The second kappa shape index (κ2) is 7.69. The molecule has 0 aromatic heterocycles. The van der Waals surface area contributed by atoms with E-state index in [1.54, 1.807) is 12.1 Å². The van der Waals surface area contributed by atoms with Crippen molar-refractivity contribution in [1.82, 2.24) is 5.32 Å². The van der Waals surface area contributed by atoms with E-state index in [-0.39, 0.29) is 29.5 Å². The van der Waals surface area contributed by atoms with Gasteiger partial charge in [-0.25, -0.2) is 0 Å². The molecule has 0 unspecified atom stereocenters. The number of nitrogens with one attached hydrogen (secondary N) is 2. The summed E-state index contributed by atoms with van der Waals surface area (Å²) in [6, 6.07) is 5.19. The average molecular weight is 332 g/mol. The molecule has 2 rings (SSSR count). The summed E-state index contributed by atoms with van der Waals surface area (Å²) in [6.45, 7) is 6.11. The molecule has 0 bridgehead atoms. The molecule has 0 heterocycles. The Morgan fingerprint density at radius 3 is 2.46 bits per heavy atom. The first-order chi connectivity index (χ1) is 11.3. The molecule has 5 nitrogen and oxygen atoms in total. The maximum Gasteiger partial charge on any atom is 0.243 e. The third kappa shape index (κ3) is 5.25. The topological polar surface area (TPSA) is 78.4 Å². The fraction of sp³-hybridized carbons (Fsp3) is 0.579. The van der Waals surface area contributed by atoms with Crippen LogP contribution in [-0.4, -0.2) is 23.5 Å². The molecule has 0 atom stereocenters. The highest BCUT2D eigenvalue weighted by Crippen LogP contribution is 2.30. The minimum Gasteiger partial charge on any atom is -0.506 e. The van der Waals surface area contributed by atoms with Gasteiger partial charge < -0.3 is 15.7 Å². The van der Waals surface area contributed by atoms with Crippen LogP contribution in [0.2, 0.25) is 0 Å². The second-order valence-electron chi connectivity index (χ2n) is 7.66. The van der Waals surface area contributed by atoms with Crippen LogP contribution in [0.3, 0.4) is 0 Å². The number of aromatic hydroxyl groups is 1. The van der Waals surface area contributed by atoms with Crippen molar-refractivity contribution in [1.29, 1.82) is 0 Å². The normalized spacial score (nSPS) is 15.3. The van der Waals surface area contributed by atoms with Gasteiger partial charge in [-0.3, -0.25) is 9.59 Å². The standard InChI is InChI=1S/C19H28N2O3/c1-19(2,3)14-8-9-16(22)15(11-14)21-18(24)12-20-17(23)10-13-6-4-5-7-13/h8-9,11,13,22H,4-7,10,12H2,1-3H3,(H,20,23)(H,21,24). The fourth-order valence-corrected chi connectivity index (χ4v) is 3.02. The van der Waals surface area contributed by atoms with Crippen LogP contribution in [0.15, 0.2) is 18.2 Å². The molecule has 1 aliphatic carbocycles. The lowest BCUT2D eigenvalue weighted by molar-refractivity contribution is -0.124. The molecule has 0 radical (unpaired) electrons. The van der Waals surface area contributed by atoms with E-state index >= 15 is 0 Å². The average Bonchev–Trinajstić information content (AvgIpc) is 2.99. The first-order valence-corrected chi connectivity index (χ1v) is 8.66. The summed E-state index contributed by atoms with van der Waals surface area (Å²) in [5, 5.41) is 15.2. The van der Waals surface area contributed by atoms with Crippen molar-refractivity contribution in [3.05, 3.63) is 23.8 Å². The van der Waals surface area contributed by atoms with Crippen molar-refractivity contribution >= 4 is 17.5 Å². The molecule has 24 heavy (non-hydrogen) atoms. The van der Waals surface area contributed by atoms with Gasteiger partial charge in [0.2, 0.25) is 11.8 Å². The predicted octanol–water partition coefficient (Wildman–Crippen LogP) is 3.32. The molecule has 1 fully saturated rings. The Labute approximate surface area is 143 Å². The number of phenols is 1. The van der Waals surface area contributed by atoms with E-state index in [1.165, 1.54) is 12.8 Å². The second-order valence-corrected chi connectivity index (χ2v) is 7.66. The Bertz CT molecular complexity index is 599. The third-order valence-corrected chi connectivity index (χ3v) is 4.53. The number of hydrogen-bond acceptors (Lipinski definition) is 3. The Hall–Kier alpha value is -2.04. The maximum absolute atomic E-state index is 12.0. The summed E-state index contributed by atoms with van der Waals surface area (Å²) in [5.41, 5.74) is 1.31. The highest BCUT2D eigenvalue weighted by molar-refractivity contribution is 5.95. The quantitative estimate of drug-likeness (QED) is 0.724. The lowest BCUT2D eigenvalue weighted by Gasteiger charge is -2.20. The zero-order valence-electron chi connectivity index (χ0n) is 14.8. The summed E-state index contributed by atoms with van der Waals surface area (Å²) >= 11 is 0. The van der Waals surface area contributed by atoms with Crippen LogP contribution in [0.4, 0.5) is 5.69 Å². The summed E-state index contributed by atoms with van der Waals surface area (Å²) < 4.78 is 0. The molecule has 2 amide bonds. The Morgan fingerprint density at radius 2 is 1.83 bits per heavy atom.